The predicted octanol–water partition coefficient (Wildman–Crippen LogP) is 3.97. The van der Waals surface area contributed by atoms with Gasteiger partial charge in [0.2, 0.25) is 0 Å². The van der Waals surface area contributed by atoms with Crippen LogP contribution in [0, 0.1) is 0 Å². The Morgan fingerprint density at radius 1 is 1.20 bits per heavy atom. The number of allylic oxidation sites excluding steroid dienone is 6. The van der Waals surface area contributed by atoms with Crippen LogP contribution in [0.15, 0.2) is 47.2 Å². The van der Waals surface area contributed by atoms with Crippen molar-refractivity contribution in [3.8, 4) is 0 Å². The fraction of sp³-hybridized carbons (Fsp3) is 0.429. The molecule has 1 N–H and O–H groups in total. The molecular formula is C14H23N. The molecule has 0 aliphatic rings. The van der Waals surface area contributed by atoms with Crippen molar-refractivity contribution in [2.24, 2.45) is 0 Å². The molecule has 0 heterocycles. The lowest BCUT2D eigenvalue weighted by molar-refractivity contribution is 0.885. The Labute approximate surface area is 94.3 Å². The summed E-state index contributed by atoms with van der Waals surface area (Å²) >= 11 is 0. The number of rotatable bonds is 5. The van der Waals surface area contributed by atoms with E-state index in [9.17, 15) is 0 Å². The van der Waals surface area contributed by atoms with Crippen LogP contribution >= 0.6 is 0 Å². The van der Waals surface area contributed by atoms with Gasteiger partial charge in [0, 0.05) is 12.2 Å². The van der Waals surface area contributed by atoms with Crippen LogP contribution in [-0.2, 0) is 0 Å². The van der Waals surface area contributed by atoms with Crippen LogP contribution in [0.5, 0.6) is 0 Å². The highest BCUT2D eigenvalue weighted by molar-refractivity contribution is 5.28. The van der Waals surface area contributed by atoms with Crippen LogP contribution < -0.4 is 5.32 Å². The zero-order valence-electron chi connectivity index (χ0n) is 10.6. The number of nitrogens with one attached hydrogen (secondary N) is 1. The molecule has 0 atom stereocenters. The van der Waals surface area contributed by atoms with Gasteiger partial charge < -0.3 is 5.32 Å². The molecule has 0 aromatic heterocycles. The lowest BCUT2D eigenvalue weighted by Crippen LogP contribution is -2.12. The van der Waals surface area contributed by atoms with Gasteiger partial charge >= 0.3 is 0 Å². The first-order valence-corrected chi connectivity index (χ1v) is 5.35. The van der Waals surface area contributed by atoms with Gasteiger partial charge in [-0.25, -0.2) is 0 Å². The SMILES string of the molecule is C=C(C)/C(C)=C(/C)NC/C=C\C(C)=C/C. The molecule has 84 valence electrons. The second-order valence-corrected chi connectivity index (χ2v) is 3.85. The van der Waals surface area contributed by atoms with E-state index >= 15 is 0 Å². The molecule has 0 rings (SSSR count). The Kier molecular flexibility index (Phi) is 6.52. The molecule has 0 spiro atoms. The maximum absolute atomic E-state index is 3.92. The first-order valence-electron chi connectivity index (χ1n) is 5.35. The Balaban J connectivity index is 4.13. The summed E-state index contributed by atoms with van der Waals surface area (Å²) in [6.45, 7) is 15.1. The molecular weight excluding hydrogens is 182 g/mol. The molecule has 1 nitrogen and oxygen atoms in total. The van der Waals surface area contributed by atoms with Crippen LogP contribution in [0.3, 0.4) is 0 Å². The Bertz CT molecular complexity index is 303. The molecule has 15 heavy (non-hydrogen) atoms. The van der Waals surface area contributed by atoms with E-state index in [4.69, 9.17) is 0 Å². The standard InChI is InChI=1S/C14H23N/c1-7-12(4)9-8-10-15-14(6)13(5)11(2)3/h7-9,15H,2,10H2,1,3-6H3/b9-8-,12-7-,14-13-. The molecule has 0 saturated carbocycles. The van der Waals surface area contributed by atoms with Crippen molar-refractivity contribution in [1.29, 1.82) is 0 Å². The van der Waals surface area contributed by atoms with Crippen LogP contribution in [0.2, 0.25) is 0 Å². The van der Waals surface area contributed by atoms with Crippen molar-refractivity contribution in [3.63, 3.8) is 0 Å². The highest BCUT2D eigenvalue weighted by Crippen LogP contribution is 2.08. The number of hydrogen-bond acceptors (Lipinski definition) is 1. The molecule has 0 saturated heterocycles. The summed E-state index contributed by atoms with van der Waals surface area (Å²) < 4.78 is 0. The first kappa shape index (κ1) is 13.8. The molecule has 0 bridgehead atoms. The predicted molar refractivity (Wildman–Crippen MR) is 69.8 cm³/mol. The second kappa shape index (κ2) is 7.10. The van der Waals surface area contributed by atoms with E-state index in [1.807, 2.05) is 13.8 Å². The molecule has 0 fully saturated rings. The minimum Gasteiger partial charge on any atom is -0.385 e. The van der Waals surface area contributed by atoms with Gasteiger partial charge in [-0.05, 0) is 40.2 Å². The average Bonchev–Trinajstić information content (AvgIpc) is 2.22. The van der Waals surface area contributed by atoms with Gasteiger partial charge in [-0.1, -0.05) is 36.0 Å². The Morgan fingerprint density at radius 2 is 1.80 bits per heavy atom. The van der Waals surface area contributed by atoms with Gasteiger partial charge in [0.25, 0.3) is 0 Å². The van der Waals surface area contributed by atoms with Gasteiger partial charge in [-0.3, -0.25) is 0 Å². The summed E-state index contributed by atoms with van der Waals surface area (Å²) in [7, 11) is 0. The summed E-state index contributed by atoms with van der Waals surface area (Å²) in [6, 6.07) is 0. The monoisotopic (exact) mass is 205 g/mol. The lowest BCUT2D eigenvalue weighted by Gasteiger charge is -2.08. The van der Waals surface area contributed by atoms with Crippen molar-refractivity contribution in [3.05, 3.63) is 47.2 Å². The Hall–Kier alpha value is -1.24. The summed E-state index contributed by atoms with van der Waals surface area (Å²) in [6.07, 6.45) is 6.35. The molecule has 0 amide bonds. The maximum Gasteiger partial charge on any atom is 0.0330 e. The van der Waals surface area contributed by atoms with Crippen LogP contribution in [0.25, 0.3) is 0 Å². The maximum atomic E-state index is 3.92. The third-order valence-corrected chi connectivity index (χ3v) is 2.52. The van der Waals surface area contributed by atoms with E-state index in [1.54, 1.807) is 0 Å². The topological polar surface area (TPSA) is 12.0 Å². The minimum atomic E-state index is 0.863. The molecule has 0 unspecified atom stereocenters. The van der Waals surface area contributed by atoms with Crippen molar-refractivity contribution in [2.45, 2.75) is 34.6 Å². The largest absolute Gasteiger partial charge is 0.385 e. The summed E-state index contributed by atoms with van der Waals surface area (Å²) in [5, 5.41) is 3.35. The van der Waals surface area contributed by atoms with Gasteiger partial charge in [-0.2, -0.15) is 0 Å². The summed E-state index contributed by atoms with van der Waals surface area (Å²) in [5.41, 5.74) is 4.85. The van der Waals surface area contributed by atoms with Gasteiger partial charge in [-0.15, -0.1) is 0 Å². The molecule has 0 radical (unpaired) electrons. The summed E-state index contributed by atoms with van der Waals surface area (Å²) in [5.74, 6) is 0. The highest BCUT2D eigenvalue weighted by atomic mass is 14.9. The average molecular weight is 205 g/mol. The van der Waals surface area contributed by atoms with Crippen molar-refractivity contribution < 1.29 is 0 Å². The normalized spacial score (nSPS) is 14.1. The highest BCUT2D eigenvalue weighted by Gasteiger charge is 1.94. The molecule has 1 heteroatoms. The quantitative estimate of drug-likeness (QED) is 0.670. The zero-order chi connectivity index (χ0) is 11.8. The van der Waals surface area contributed by atoms with Gasteiger partial charge in [0.1, 0.15) is 0 Å². The van der Waals surface area contributed by atoms with Crippen molar-refractivity contribution in [1.82, 2.24) is 5.32 Å². The van der Waals surface area contributed by atoms with E-state index in [0.29, 0.717) is 0 Å². The van der Waals surface area contributed by atoms with E-state index in [0.717, 1.165) is 12.1 Å². The lowest BCUT2D eigenvalue weighted by atomic mass is 10.1. The second-order valence-electron chi connectivity index (χ2n) is 3.85. The van der Waals surface area contributed by atoms with E-state index in [1.165, 1.54) is 16.8 Å². The smallest absolute Gasteiger partial charge is 0.0330 e. The fourth-order valence-corrected chi connectivity index (χ4v) is 1.01. The third kappa shape index (κ3) is 5.95. The molecule has 0 aromatic rings. The van der Waals surface area contributed by atoms with E-state index < -0.39 is 0 Å². The van der Waals surface area contributed by atoms with E-state index in [-0.39, 0.29) is 0 Å². The van der Waals surface area contributed by atoms with Crippen molar-refractivity contribution >= 4 is 0 Å². The summed E-state index contributed by atoms with van der Waals surface area (Å²) in [4.78, 5) is 0. The molecule has 0 aliphatic heterocycles. The van der Waals surface area contributed by atoms with Gasteiger partial charge in [0.15, 0.2) is 0 Å². The molecule has 0 aliphatic carbocycles. The fourth-order valence-electron chi connectivity index (χ4n) is 1.01. The third-order valence-electron chi connectivity index (χ3n) is 2.52. The van der Waals surface area contributed by atoms with Crippen molar-refractivity contribution in [2.75, 3.05) is 6.54 Å². The Morgan fingerprint density at radius 3 is 2.27 bits per heavy atom. The minimum absolute atomic E-state index is 0.863. The zero-order valence-corrected chi connectivity index (χ0v) is 10.6. The van der Waals surface area contributed by atoms with Crippen LogP contribution in [-0.4, -0.2) is 6.54 Å². The molecule has 0 aromatic carbocycles. The van der Waals surface area contributed by atoms with E-state index in [2.05, 4.69) is 50.9 Å². The van der Waals surface area contributed by atoms with Crippen LogP contribution in [0.1, 0.15) is 34.6 Å². The van der Waals surface area contributed by atoms with Crippen LogP contribution in [0.4, 0.5) is 0 Å². The first-order chi connectivity index (χ1) is 6.99. The van der Waals surface area contributed by atoms with Gasteiger partial charge in [0.05, 0.1) is 0 Å². The number of hydrogen-bond donors (Lipinski definition) is 1.